The van der Waals surface area contributed by atoms with Gasteiger partial charge in [0.15, 0.2) is 0 Å². The fourth-order valence-electron chi connectivity index (χ4n) is 2.86. The molecule has 0 aliphatic heterocycles. The number of aliphatic imine (C=N–C) groups is 1. The van der Waals surface area contributed by atoms with Crippen molar-refractivity contribution in [2.24, 2.45) is 10.9 Å². The highest BCUT2D eigenvalue weighted by atomic mass is 79.9. The molecule has 2 rings (SSSR count). The number of hydrogen-bond donors (Lipinski definition) is 1. The van der Waals surface area contributed by atoms with Crippen molar-refractivity contribution in [3.63, 3.8) is 0 Å². The summed E-state index contributed by atoms with van der Waals surface area (Å²) in [6.45, 7) is 6.12. The largest absolute Gasteiger partial charge is 0.506 e. The fraction of sp³-hybridized carbons (Fsp3) is 0.500. The van der Waals surface area contributed by atoms with Crippen LogP contribution in [0.2, 0.25) is 0 Å². The van der Waals surface area contributed by atoms with Gasteiger partial charge in [-0.05, 0) is 55.9 Å². The minimum Gasteiger partial charge on any atom is -0.506 e. The summed E-state index contributed by atoms with van der Waals surface area (Å²) in [4.78, 5) is 16.7. The molecule has 5 heteroatoms. The van der Waals surface area contributed by atoms with Gasteiger partial charge in [-0.1, -0.05) is 35.7 Å². The highest BCUT2D eigenvalue weighted by Gasteiger charge is 2.25. The normalized spacial score (nSPS) is 15.8. The van der Waals surface area contributed by atoms with Gasteiger partial charge in [-0.25, -0.2) is 4.79 Å². The quantitative estimate of drug-likeness (QED) is 0.298. The minimum atomic E-state index is -0.510. The van der Waals surface area contributed by atoms with Gasteiger partial charge in [-0.3, -0.25) is 4.99 Å². The first-order valence-electron chi connectivity index (χ1n) is 8.73. The molecule has 1 aliphatic rings. The van der Waals surface area contributed by atoms with E-state index in [1.807, 2.05) is 26.0 Å². The number of benzene rings is 1. The Morgan fingerprint density at radius 3 is 2.64 bits per heavy atom. The van der Waals surface area contributed by atoms with Crippen LogP contribution in [-0.2, 0) is 16.0 Å². The molecule has 0 amide bonds. The van der Waals surface area contributed by atoms with Crippen LogP contribution >= 0.6 is 15.9 Å². The van der Waals surface area contributed by atoms with E-state index in [0.29, 0.717) is 23.8 Å². The Balaban J connectivity index is 2.40. The lowest BCUT2D eigenvalue weighted by Crippen LogP contribution is -2.17. The summed E-state index contributed by atoms with van der Waals surface area (Å²) < 4.78 is 6.38. The van der Waals surface area contributed by atoms with E-state index in [1.54, 1.807) is 14.0 Å². The summed E-state index contributed by atoms with van der Waals surface area (Å²) in [6, 6.07) is 3.71. The maximum absolute atomic E-state index is 12.6. The van der Waals surface area contributed by atoms with E-state index in [-0.39, 0.29) is 11.3 Å². The molecular formula is C20H26BrNO3. The second-order valence-corrected chi connectivity index (χ2v) is 7.31. The minimum absolute atomic E-state index is 0.0630. The summed E-state index contributed by atoms with van der Waals surface area (Å²) in [5.74, 6) is 0.117. The van der Waals surface area contributed by atoms with Crippen molar-refractivity contribution >= 4 is 33.4 Å². The molecule has 0 saturated heterocycles. The monoisotopic (exact) mass is 407 g/mol. The zero-order valence-corrected chi connectivity index (χ0v) is 16.9. The van der Waals surface area contributed by atoms with Crippen LogP contribution in [0.5, 0.6) is 0 Å². The first-order valence-corrected chi connectivity index (χ1v) is 9.52. The summed E-state index contributed by atoms with van der Waals surface area (Å²) in [5, 5.41) is 10.9. The average Bonchev–Trinajstić information content (AvgIpc) is 3.41. The number of ether oxygens (including phenoxy) is 1. The van der Waals surface area contributed by atoms with Crippen LogP contribution in [0.15, 0.2) is 27.2 Å². The Labute approximate surface area is 158 Å². The van der Waals surface area contributed by atoms with Crippen molar-refractivity contribution in [3.8, 4) is 0 Å². The lowest BCUT2D eigenvalue weighted by atomic mass is 9.95. The molecule has 1 fully saturated rings. The smallest absolute Gasteiger partial charge is 0.343 e. The van der Waals surface area contributed by atoms with Crippen molar-refractivity contribution in [2.45, 2.75) is 46.5 Å². The molecule has 1 saturated carbocycles. The zero-order valence-electron chi connectivity index (χ0n) is 15.4. The second kappa shape index (κ2) is 8.65. The number of aliphatic hydroxyl groups excluding tert-OH is 1. The van der Waals surface area contributed by atoms with Crippen LogP contribution < -0.4 is 0 Å². The molecule has 0 bridgehead atoms. The Bertz CT molecular complexity index is 718. The summed E-state index contributed by atoms with van der Waals surface area (Å²) >= 11 is 3.52. The van der Waals surface area contributed by atoms with Crippen molar-refractivity contribution in [1.82, 2.24) is 0 Å². The average molecular weight is 408 g/mol. The molecule has 25 heavy (non-hydrogen) atoms. The molecule has 1 N–H and O–H groups in total. The first kappa shape index (κ1) is 19.7. The van der Waals surface area contributed by atoms with Gasteiger partial charge in [0.25, 0.3) is 0 Å². The molecule has 0 radical (unpaired) electrons. The number of carbonyl (C=O) groups is 1. The molecule has 0 aromatic heterocycles. The number of rotatable bonds is 7. The predicted molar refractivity (Wildman–Crippen MR) is 105 cm³/mol. The standard InChI is InChI=1S/C20H26BrNO3/c1-5-15-12(2)17(21)9-8-16(15)19(23)18(13(3)22-4)20(24)25-11-10-14-6-7-14/h8-9,14,23H,5-7,10-11H2,1-4H3/b19-18+,22-13?. The zero-order chi connectivity index (χ0) is 18.6. The molecule has 0 atom stereocenters. The van der Waals surface area contributed by atoms with Crippen LogP contribution in [0.4, 0.5) is 0 Å². The Morgan fingerprint density at radius 2 is 2.08 bits per heavy atom. The fourth-order valence-corrected chi connectivity index (χ4v) is 3.24. The van der Waals surface area contributed by atoms with E-state index in [2.05, 4.69) is 20.9 Å². The van der Waals surface area contributed by atoms with Gasteiger partial charge in [-0.2, -0.15) is 0 Å². The van der Waals surface area contributed by atoms with E-state index in [0.717, 1.165) is 28.4 Å². The van der Waals surface area contributed by atoms with Crippen LogP contribution in [0, 0.1) is 12.8 Å². The van der Waals surface area contributed by atoms with E-state index in [9.17, 15) is 9.90 Å². The number of esters is 1. The maximum atomic E-state index is 12.6. The van der Waals surface area contributed by atoms with Gasteiger partial charge in [0.2, 0.25) is 0 Å². The molecule has 1 aromatic carbocycles. The third kappa shape index (κ3) is 4.72. The topological polar surface area (TPSA) is 58.9 Å². The van der Waals surface area contributed by atoms with Gasteiger partial charge < -0.3 is 9.84 Å². The summed E-state index contributed by atoms with van der Waals surface area (Å²) in [5.41, 5.74) is 3.32. The molecule has 0 spiro atoms. The van der Waals surface area contributed by atoms with E-state index in [1.165, 1.54) is 12.8 Å². The van der Waals surface area contributed by atoms with Gasteiger partial charge >= 0.3 is 5.97 Å². The van der Waals surface area contributed by atoms with Crippen molar-refractivity contribution < 1.29 is 14.6 Å². The maximum Gasteiger partial charge on any atom is 0.343 e. The molecule has 0 heterocycles. The number of hydrogen-bond acceptors (Lipinski definition) is 4. The molecule has 0 unspecified atom stereocenters. The number of carbonyl (C=O) groups excluding carboxylic acids is 1. The summed E-state index contributed by atoms with van der Waals surface area (Å²) in [6.07, 6.45) is 4.08. The molecule has 4 nitrogen and oxygen atoms in total. The number of aliphatic hydroxyl groups is 1. The number of nitrogens with zero attached hydrogens (tertiary/aromatic N) is 1. The molecule has 136 valence electrons. The number of halogens is 1. The third-order valence-corrected chi connectivity index (χ3v) is 5.59. The van der Waals surface area contributed by atoms with Crippen LogP contribution in [0.25, 0.3) is 5.76 Å². The second-order valence-electron chi connectivity index (χ2n) is 6.45. The third-order valence-electron chi connectivity index (χ3n) is 4.74. The van der Waals surface area contributed by atoms with Crippen LogP contribution in [0.1, 0.15) is 49.8 Å². The highest BCUT2D eigenvalue weighted by molar-refractivity contribution is 9.10. The van der Waals surface area contributed by atoms with Gasteiger partial charge in [0, 0.05) is 22.8 Å². The Kier molecular flexibility index (Phi) is 6.82. The van der Waals surface area contributed by atoms with Crippen LogP contribution in [0.3, 0.4) is 0 Å². The first-order chi connectivity index (χ1) is 11.9. The Hall–Kier alpha value is -1.62. The van der Waals surface area contributed by atoms with E-state index < -0.39 is 5.97 Å². The van der Waals surface area contributed by atoms with Crippen molar-refractivity contribution in [1.29, 1.82) is 0 Å². The highest BCUT2D eigenvalue weighted by Crippen LogP contribution is 2.32. The SMILES string of the molecule is CCc1c(/C(O)=C(\C(=O)OCCC2CC2)C(C)=NC)ccc(Br)c1C. The summed E-state index contributed by atoms with van der Waals surface area (Å²) in [7, 11) is 1.60. The van der Waals surface area contributed by atoms with Gasteiger partial charge in [0.05, 0.1) is 6.61 Å². The molecular weight excluding hydrogens is 382 g/mol. The van der Waals surface area contributed by atoms with E-state index >= 15 is 0 Å². The molecule has 1 aliphatic carbocycles. The lowest BCUT2D eigenvalue weighted by molar-refractivity contribution is -0.138. The lowest BCUT2D eigenvalue weighted by Gasteiger charge is -2.15. The van der Waals surface area contributed by atoms with Crippen LogP contribution in [-0.4, -0.2) is 30.4 Å². The van der Waals surface area contributed by atoms with Gasteiger partial charge in [0.1, 0.15) is 11.3 Å². The molecule has 1 aromatic rings. The predicted octanol–water partition coefficient (Wildman–Crippen LogP) is 5.02. The van der Waals surface area contributed by atoms with Crippen molar-refractivity contribution in [2.75, 3.05) is 13.7 Å². The Morgan fingerprint density at radius 1 is 1.40 bits per heavy atom. The van der Waals surface area contributed by atoms with Gasteiger partial charge in [-0.15, -0.1) is 0 Å². The van der Waals surface area contributed by atoms with Crippen molar-refractivity contribution in [3.05, 3.63) is 38.9 Å². The van der Waals surface area contributed by atoms with E-state index in [4.69, 9.17) is 4.74 Å².